The zero-order chi connectivity index (χ0) is 33.4. The molecule has 0 saturated carbocycles. The molecule has 0 saturated heterocycles. The molecule has 48 heavy (non-hydrogen) atoms. The predicted octanol–water partition coefficient (Wildman–Crippen LogP) is 7.46. The number of hydrogen-bond acceptors (Lipinski definition) is 6. The smallest absolute Gasteiger partial charge is 0.303 e. The van der Waals surface area contributed by atoms with Crippen LogP contribution in [0.15, 0.2) is 73.2 Å². The third-order valence-electron chi connectivity index (χ3n) is 9.19. The minimum absolute atomic E-state index is 0.0219. The molecular weight excluding hydrogens is 614 g/mol. The van der Waals surface area contributed by atoms with Gasteiger partial charge in [0, 0.05) is 61.0 Å². The van der Waals surface area contributed by atoms with Crippen LogP contribution >= 0.6 is 0 Å². The van der Waals surface area contributed by atoms with E-state index in [9.17, 15) is 9.90 Å². The maximum atomic E-state index is 15.7. The van der Waals surface area contributed by atoms with Gasteiger partial charge in [-0.05, 0) is 68.0 Å². The van der Waals surface area contributed by atoms with Crippen LogP contribution in [0.4, 0.5) is 8.78 Å². The van der Waals surface area contributed by atoms with Crippen LogP contribution in [0.3, 0.4) is 0 Å². The summed E-state index contributed by atoms with van der Waals surface area (Å²) in [4.78, 5) is 28.6. The van der Waals surface area contributed by atoms with Crippen molar-refractivity contribution < 1.29 is 23.4 Å². The second kappa shape index (κ2) is 12.6. The molecule has 2 aliphatic rings. The quantitative estimate of drug-likeness (QED) is 0.204. The molecule has 0 fully saturated rings. The second-order valence-corrected chi connectivity index (χ2v) is 12.5. The van der Waals surface area contributed by atoms with Gasteiger partial charge in [0.05, 0.1) is 22.4 Å². The van der Waals surface area contributed by atoms with Crippen LogP contribution in [0.1, 0.15) is 66.5 Å². The van der Waals surface area contributed by atoms with Gasteiger partial charge in [-0.3, -0.25) is 14.8 Å². The van der Waals surface area contributed by atoms with Crippen LogP contribution in [-0.4, -0.2) is 40.8 Å². The summed E-state index contributed by atoms with van der Waals surface area (Å²) in [6.45, 7) is 2.07. The fourth-order valence-corrected chi connectivity index (χ4v) is 6.49. The lowest BCUT2D eigenvalue weighted by molar-refractivity contribution is -0.136. The molecule has 9 nitrogen and oxygen atoms in total. The Labute approximate surface area is 275 Å². The van der Waals surface area contributed by atoms with E-state index in [0.717, 1.165) is 35.0 Å². The van der Waals surface area contributed by atoms with Gasteiger partial charge in [0.25, 0.3) is 0 Å². The van der Waals surface area contributed by atoms with E-state index in [1.54, 1.807) is 30.3 Å². The molecule has 0 spiro atoms. The minimum atomic E-state index is -0.858. The zero-order valence-corrected chi connectivity index (χ0v) is 26.6. The summed E-state index contributed by atoms with van der Waals surface area (Å²) in [6, 6.07) is 15.4. The first-order valence-electron chi connectivity index (χ1n) is 16.0. The number of carbonyl (C=O) groups is 1. The first-order valence-corrected chi connectivity index (χ1v) is 16.0. The Morgan fingerprint density at radius 2 is 1.88 bits per heavy atom. The number of benzene rings is 3. The van der Waals surface area contributed by atoms with Crippen molar-refractivity contribution in [2.75, 3.05) is 0 Å². The fraction of sp³-hybridized carbons (Fsp3) is 0.270. The average Bonchev–Trinajstić information content (AvgIpc) is 3.71. The normalized spacial score (nSPS) is 16.5. The van der Waals surface area contributed by atoms with Crippen molar-refractivity contribution in [1.29, 1.82) is 0 Å². The number of carboxylic acid groups (broad SMARTS) is 1. The molecule has 2 aliphatic heterocycles. The molecule has 3 aromatic carbocycles. The number of aliphatic carboxylic acids is 1. The first-order chi connectivity index (χ1) is 23.2. The van der Waals surface area contributed by atoms with Gasteiger partial charge >= 0.3 is 5.97 Å². The number of nitrogens with zero attached hydrogens (tertiary/aromatic N) is 5. The van der Waals surface area contributed by atoms with Gasteiger partial charge in [0.15, 0.2) is 23.2 Å². The number of nitrogens with one attached hydrogen (secondary N) is 1. The number of fused-ring (bicyclic) bond motifs is 7. The Morgan fingerprint density at radius 1 is 1.04 bits per heavy atom. The topological polar surface area (TPSA) is 119 Å². The maximum absolute atomic E-state index is 15.7. The van der Waals surface area contributed by atoms with Gasteiger partial charge in [-0.1, -0.05) is 30.7 Å². The number of carboxylic acids is 1. The first kappa shape index (κ1) is 31.2. The highest BCUT2D eigenvalue weighted by Gasteiger charge is 2.34. The van der Waals surface area contributed by atoms with Crippen LogP contribution in [0, 0.1) is 11.6 Å². The summed E-state index contributed by atoms with van der Waals surface area (Å²) in [5, 5.41) is 14.9. The van der Waals surface area contributed by atoms with Crippen LogP contribution in [0.2, 0.25) is 0 Å². The highest BCUT2D eigenvalue weighted by Crippen LogP contribution is 2.39. The molecule has 8 rings (SSSR count). The third-order valence-corrected chi connectivity index (χ3v) is 9.19. The van der Waals surface area contributed by atoms with E-state index in [4.69, 9.17) is 14.8 Å². The van der Waals surface area contributed by atoms with Gasteiger partial charge in [0.2, 0.25) is 0 Å². The Hall–Kier alpha value is -5.45. The molecule has 0 radical (unpaired) electrons. The lowest BCUT2D eigenvalue weighted by Crippen LogP contribution is -2.26. The molecule has 5 heterocycles. The van der Waals surface area contributed by atoms with Crippen molar-refractivity contribution >= 4 is 16.9 Å². The molecule has 6 aromatic rings. The van der Waals surface area contributed by atoms with Crippen LogP contribution in [0.25, 0.3) is 22.3 Å². The molecule has 11 heteroatoms. The lowest BCUT2D eigenvalue weighted by Gasteiger charge is -2.28. The Bertz CT molecular complexity index is 2140. The van der Waals surface area contributed by atoms with Crippen molar-refractivity contribution in [1.82, 2.24) is 29.7 Å². The van der Waals surface area contributed by atoms with Crippen molar-refractivity contribution in [3.63, 3.8) is 0 Å². The van der Waals surface area contributed by atoms with E-state index in [-0.39, 0.29) is 29.9 Å². The number of rotatable bonds is 4. The summed E-state index contributed by atoms with van der Waals surface area (Å²) in [6.07, 6.45) is 8.94. The summed E-state index contributed by atoms with van der Waals surface area (Å²) in [5.74, 6) is -0.881. The molecular formula is C37H34F2N6O3. The lowest BCUT2D eigenvalue weighted by atomic mass is 9.76. The van der Waals surface area contributed by atoms with Gasteiger partial charge in [-0.25, -0.2) is 18.4 Å². The number of aromatic nitrogens is 6. The Kier molecular flexibility index (Phi) is 8.20. The monoisotopic (exact) mass is 648 g/mol. The van der Waals surface area contributed by atoms with E-state index in [2.05, 4.69) is 21.9 Å². The second-order valence-electron chi connectivity index (χ2n) is 12.5. The van der Waals surface area contributed by atoms with Gasteiger partial charge < -0.3 is 14.8 Å². The highest BCUT2D eigenvalue weighted by molar-refractivity contribution is 5.86. The molecule has 2 N–H and O–H groups in total. The zero-order valence-electron chi connectivity index (χ0n) is 26.6. The van der Waals surface area contributed by atoms with Gasteiger partial charge in [-0.15, -0.1) is 0 Å². The number of ether oxygens (including phenoxy) is 1. The summed E-state index contributed by atoms with van der Waals surface area (Å²) < 4.78 is 39.0. The molecule has 6 bridgehead atoms. The van der Waals surface area contributed by atoms with Crippen molar-refractivity contribution in [3.8, 4) is 22.9 Å². The molecule has 0 amide bonds. The van der Waals surface area contributed by atoms with E-state index in [0.29, 0.717) is 47.7 Å². The number of hydrogen-bond donors (Lipinski definition) is 2. The Balaban J connectivity index is 1.36. The van der Waals surface area contributed by atoms with Gasteiger partial charge in [0.1, 0.15) is 11.6 Å². The van der Waals surface area contributed by atoms with E-state index in [1.807, 2.05) is 30.3 Å². The number of H-pyrrole nitrogens is 1. The number of halogens is 2. The summed E-state index contributed by atoms with van der Waals surface area (Å²) in [5.41, 5.74) is 4.06. The van der Waals surface area contributed by atoms with Gasteiger partial charge in [-0.2, -0.15) is 5.10 Å². The molecule has 0 aliphatic carbocycles. The minimum Gasteiger partial charge on any atom is -0.481 e. The van der Waals surface area contributed by atoms with E-state index < -0.39 is 23.0 Å². The molecule has 1 unspecified atom stereocenters. The summed E-state index contributed by atoms with van der Waals surface area (Å²) in [7, 11) is 1.72. The van der Waals surface area contributed by atoms with Crippen LogP contribution in [0.5, 0.6) is 11.5 Å². The Morgan fingerprint density at radius 3 is 2.69 bits per heavy atom. The van der Waals surface area contributed by atoms with E-state index in [1.165, 1.54) is 24.3 Å². The standard InChI is InChI=1S/C37H34F2N6O3/c1-37(23-7-5-6-22(16-23)9-12-33(46)47)14-4-3-8-24-20-42-25(21-41-24)17-28-27-13-15-40-32(27)19-31(39)34(28)48-26-10-11-30(38)29(18-26)35-43-36(37)44-45(35)2/h5-7,10-11,13,15-16,18-21,40H,3-4,8-9,12,14,17H2,1-2H3,(H,46,47). The number of aromatic amines is 1. The van der Waals surface area contributed by atoms with Crippen molar-refractivity contribution in [2.45, 2.75) is 57.3 Å². The largest absolute Gasteiger partial charge is 0.481 e. The van der Waals surface area contributed by atoms with Crippen LogP contribution in [-0.2, 0) is 36.5 Å². The van der Waals surface area contributed by atoms with Crippen LogP contribution < -0.4 is 4.74 Å². The number of aryl methyl sites for hydroxylation is 3. The molecule has 1 atom stereocenters. The fourth-order valence-electron chi connectivity index (χ4n) is 6.49. The SMILES string of the molecule is Cn1nc2nc1-c1cc(ccc1F)Oc1c(F)cc3[nH]ccc3c1Cc1cnc(cn1)CCCCC2(C)c1cccc(CCC(=O)O)c1. The third kappa shape index (κ3) is 6.03. The average molecular weight is 649 g/mol. The van der Waals surface area contributed by atoms with E-state index >= 15 is 8.78 Å². The van der Waals surface area contributed by atoms with Crippen molar-refractivity contribution in [2.24, 2.45) is 7.05 Å². The van der Waals surface area contributed by atoms with Crippen molar-refractivity contribution in [3.05, 3.63) is 119 Å². The maximum Gasteiger partial charge on any atom is 0.303 e. The predicted molar refractivity (Wildman–Crippen MR) is 176 cm³/mol. The molecule has 244 valence electrons. The summed E-state index contributed by atoms with van der Waals surface area (Å²) >= 11 is 0. The molecule has 3 aromatic heterocycles. The highest BCUT2D eigenvalue weighted by atomic mass is 19.1.